The van der Waals surface area contributed by atoms with Crippen molar-refractivity contribution in [2.75, 3.05) is 0 Å². The summed E-state index contributed by atoms with van der Waals surface area (Å²) in [6.45, 7) is 8.36. The molecule has 0 amide bonds. The molecule has 0 saturated carbocycles. The number of halogens is 1. The summed E-state index contributed by atoms with van der Waals surface area (Å²) in [5.74, 6) is 0. The Hall–Kier alpha value is -0.570. The minimum atomic E-state index is -0.530. The maximum absolute atomic E-state index is 10.3. The fourth-order valence-electron chi connectivity index (χ4n) is 1.88. The SMILES string of the molecule is CC[C@H](NC(C)(C)C)[C@H](O)c1cccc(Cl)c1. The van der Waals surface area contributed by atoms with Crippen LogP contribution in [0.5, 0.6) is 0 Å². The van der Waals surface area contributed by atoms with Crippen molar-refractivity contribution < 1.29 is 5.11 Å². The van der Waals surface area contributed by atoms with Crippen molar-refractivity contribution in [1.29, 1.82) is 0 Å². The molecule has 2 atom stereocenters. The Bertz CT molecular complexity index is 359. The van der Waals surface area contributed by atoms with Gasteiger partial charge in [0.2, 0.25) is 0 Å². The minimum absolute atomic E-state index is 0.0137. The molecular formula is C14H22ClNO. The maximum atomic E-state index is 10.3. The van der Waals surface area contributed by atoms with Gasteiger partial charge in [-0.05, 0) is 44.9 Å². The first-order chi connectivity index (χ1) is 7.83. The third-order valence-corrected chi connectivity index (χ3v) is 2.86. The first-order valence-electron chi connectivity index (χ1n) is 6.04. The van der Waals surface area contributed by atoms with Gasteiger partial charge in [0.1, 0.15) is 0 Å². The Morgan fingerprint density at radius 1 is 1.35 bits per heavy atom. The van der Waals surface area contributed by atoms with E-state index in [1.54, 1.807) is 0 Å². The van der Waals surface area contributed by atoms with Crippen LogP contribution in [0.4, 0.5) is 0 Å². The lowest BCUT2D eigenvalue weighted by Crippen LogP contribution is -2.46. The number of benzene rings is 1. The molecule has 17 heavy (non-hydrogen) atoms. The molecule has 0 unspecified atom stereocenters. The minimum Gasteiger partial charge on any atom is -0.387 e. The van der Waals surface area contributed by atoms with Gasteiger partial charge in [0.25, 0.3) is 0 Å². The van der Waals surface area contributed by atoms with Crippen LogP contribution in [-0.4, -0.2) is 16.7 Å². The van der Waals surface area contributed by atoms with Crippen LogP contribution in [0.3, 0.4) is 0 Å². The van der Waals surface area contributed by atoms with Crippen molar-refractivity contribution in [1.82, 2.24) is 5.32 Å². The number of rotatable bonds is 4. The van der Waals surface area contributed by atoms with Gasteiger partial charge in [-0.2, -0.15) is 0 Å². The molecule has 96 valence electrons. The van der Waals surface area contributed by atoms with Crippen LogP contribution in [0.1, 0.15) is 45.8 Å². The molecule has 0 radical (unpaired) electrons. The van der Waals surface area contributed by atoms with E-state index in [-0.39, 0.29) is 11.6 Å². The topological polar surface area (TPSA) is 32.3 Å². The fraction of sp³-hybridized carbons (Fsp3) is 0.571. The van der Waals surface area contributed by atoms with Gasteiger partial charge in [-0.25, -0.2) is 0 Å². The molecule has 2 nitrogen and oxygen atoms in total. The van der Waals surface area contributed by atoms with E-state index in [1.165, 1.54) is 0 Å². The zero-order valence-corrected chi connectivity index (χ0v) is 11.8. The summed E-state index contributed by atoms with van der Waals surface area (Å²) < 4.78 is 0. The van der Waals surface area contributed by atoms with Gasteiger partial charge in [-0.15, -0.1) is 0 Å². The van der Waals surface area contributed by atoms with Crippen LogP contribution in [0.15, 0.2) is 24.3 Å². The molecule has 0 aliphatic rings. The van der Waals surface area contributed by atoms with Crippen LogP contribution in [0, 0.1) is 0 Å². The quantitative estimate of drug-likeness (QED) is 0.863. The number of hydrogen-bond acceptors (Lipinski definition) is 2. The summed E-state index contributed by atoms with van der Waals surface area (Å²) in [6.07, 6.45) is 0.336. The second-order valence-corrected chi connectivity index (χ2v) is 5.85. The van der Waals surface area contributed by atoms with Crippen molar-refractivity contribution in [3.05, 3.63) is 34.9 Å². The highest BCUT2D eigenvalue weighted by molar-refractivity contribution is 6.30. The van der Waals surface area contributed by atoms with Crippen molar-refractivity contribution in [3.63, 3.8) is 0 Å². The molecular weight excluding hydrogens is 234 g/mol. The molecule has 0 saturated heterocycles. The van der Waals surface area contributed by atoms with E-state index in [2.05, 4.69) is 33.0 Å². The van der Waals surface area contributed by atoms with E-state index in [4.69, 9.17) is 11.6 Å². The lowest BCUT2D eigenvalue weighted by atomic mass is 9.97. The van der Waals surface area contributed by atoms with Gasteiger partial charge in [0.05, 0.1) is 6.10 Å². The van der Waals surface area contributed by atoms with Crippen LogP contribution < -0.4 is 5.32 Å². The molecule has 0 aliphatic carbocycles. The standard InChI is InChI=1S/C14H22ClNO/c1-5-12(16-14(2,3)4)13(17)10-7-6-8-11(15)9-10/h6-9,12-13,16-17H,5H2,1-4H3/t12-,13+/m0/s1. The highest BCUT2D eigenvalue weighted by atomic mass is 35.5. The van der Waals surface area contributed by atoms with E-state index >= 15 is 0 Å². The predicted molar refractivity (Wildman–Crippen MR) is 73.4 cm³/mol. The van der Waals surface area contributed by atoms with E-state index in [1.807, 2.05) is 24.3 Å². The Morgan fingerprint density at radius 3 is 2.47 bits per heavy atom. The molecule has 3 heteroatoms. The average molecular weight is 256 g/mol. The normalized spacial score (nSPS) is 15.6. The Kier molecular flexibility index (Phi) is 4.99. The van der Waals surface area contributed by atoms with Crippen molar-refractivity contribution in [2.45, 2.75) is 51.8 Å². The second-order valence-electron chi connectivity index (χ2n) is 5.41. The van der Waals surface area contributed by atoms with Crippen LogP contribution in [-0.2, 0) is 0 Å². The summed E-state index contributed by atoms with van der Waals surface area (Å²) in [7, 11) is 0. The zero-order valence-electron chi connectivity index (χ0n) is 11.0. The molecule has 1 rings (SSSR count). The number of aliphatic hydroxyl groups excluding tert-OH is 1. The Labute approximate surface area is 109 Å². The van der Waals surface area contributed by atoms with Gasteiger partial charge < -0.3 is 10.4 Å². The van der Waals surface area contributed by atoms with E-state index < -0.39 is 6.10 Å². The van der Waals surface area contributed by atoms with Crippen LogP contribution in [0.25, 0.3) is 0 Å². The van der Waals surface area contributed by atoms with Crippen molar-refractivity contribution >= 4 is 11.6 Å². The van der Waals surface area contributed by atoms with Gasteiger partial charge in [-0.3, -0.25) is 0 Å². The summed E-state index contributed by atoms with van der Waals surface area (Å²) in [4.78, 5) is 0. The van der Waals surface area contributed by atoms with Crippen molar-refractivity contribution in [3.8, 4) is 0 Å². The average Bonchev–Trinajstić information content (AvgIpc) is 2.23. The fourth-order valence-corrected chi connectivity index (χ4v) is 2.08. The third kappa shape index (κ3) is 4.66. The highest BCUT2D eigenvalue weighted by Crippen LogP contribution is 2.23. The van der Waals surface area contributed by atoms with Crippen molar-refractivity contribution in [2.24, 2.45) is 0 Å². The lowest BCUT2D eigenvalue weighted by molar-refractivity contribution is 0.111. The molecule has 0 heterocycles. The number of hydrogen-bond donors (Lipinski definition) is 2. The smallest absolute Gasteiger partial charge is 0.0943 e. The van der Waals surface area contributed by atoms with E-state index in [0.29, 0.717) is 5.02 Å². The van der Waals surface area contributed by atoms with E-state index in [0.717, 1.165) is 12.0 Å². The van der Waals surface area contributed by atoms with E-state index in [9.17, 15) is 5.11 Å². The molecule has 0 fully saturated rings. The zero-order chi connectivity index (χ0) is 13.1. The van der Waals surface area contributed by atoms with Gasteiger partial charge in [0, 0.05) is 16.6 Å². The van der Waals surface area contributed by atoms with Gasteiger partial charge in [-0.1, -0.05) is 30.7 Å². The molecule has 2 N–H and O–H groups in total. The maximum Gasteiger partial charge on any atom is 0.0943 e. The largest absolute Gasteiger partial charge is 0.387 e. The Balaban J connectivity index is 2.82. The molecule has 0 bridgehead atoms. The first-order valence-corrected chi connectivity index (χ1v) is 6.42. The second kappa shape index (κ2) is 5.85. The molecule has 1 aromatic rings. The lowest BCUT2D eigenvalue weighted by Gasteiger charge is -2.31. The summed E-state index contributed by atoms with van der Waals surface area (Å²) in [5.41, 5.74) is 0.848. The summed E-state index contributed by atoms with van der Waals surface area (Å²) >= 11 is 5.94. The molecule has 0 aliphatic heterocycles. The number of aliphatic hydroxyl groups is 1. The molecule has 0 aromatic heterocycles. The Morgan fingerprint density at radius 2 is 2.00 bits per heavy atom. The predicted octanol–water partition coefficient (Wildman–Crippen LogP) is 3.54. The van der Waals surface area contributed by atoms with Crippen LogP contribution >= 0.6 is 11.6 Å². The van der Waals surface area contributed by atoms with Gasteiger partial charge >= 0.3 is 0 Å². The third-order valence-electron chi connectivity index (χ3n) is 2.63. The highest BCUT2D eigenvalue weighted by Gasteiger charge is 2.23. The summed E-state index contributed by atoms with van der Waals surface area (Å²) in [6, 6.07) is 7.44. The first kappa shape index (κ1) is 14.5. The monoisotopic (exact) mass is 255 g/mol. The molecule has 0 spiro atoms. The number of nitrogens with one attached hydrogen (secondary N) is 1. The van der Waals surface area contributed by atoms with Crippen LogP contribution in [0.2, 0.25) is 5.02 Å². The molecule has 1 aromatic carbocycles. The van der Waals surface area contributed by atoms with Gasteiger partial charge in [0.15, 0.2) is 0 Å². The summed E-state index contributed by atoms with van der Waals surface area (Å²) in [5, 5.41) is 14.4.